The van der Waals surface area contributed by atoms with Crippen LogP contribution in [0.3, 0.4) is 0 Å². The maximum Gasteiger partial charge on any atom is 0.276 e. The highest BCUT2D eigenvalue weighted by atomic mass is 35.5. The highest BCUT2D eigenvalue weighted by Crippen LogP contribution is 2.18. The monoisotopic (exact) mass is 299 g/mol. The highest BCUT2D eigenvalue weighted by molar-refractivity contribution is 6.29. The third-order valence-corrected chi connectivity index (χ3v) is 3.15. The van der Waals surface area contributed by atoms with Crippen LogP contribution in [0.25, 0.3) is 0 Å². The number of nitrogens with zero attached hydrogens (tertiary/aromatic N) is 5. The van der Waals surface area contributed by atoms with Gasteiger partial charge >= 0.3 is 0 Å². The molecule has 1 aliphatic rings. The van der Waals surface area contributed by atoms with Gasteiger partial charge in [0.1, 0.15) is 16.5 Å². The van der Waals surface area contributed by atoms with Gasteiger partial charge in [-0.05, 0) is 19.1 Å². The highest BCUT2D eigenvalue weighted by Gasteiger charge is 2.36. The van der Waals surface area contributed by atoms with Crippen molar-refractivity contribution in [1.29, 1.82) is 0 Å². The first-order chi connectivity index (χ1) is 9.51. The largest absolute Gasteiger partial charge is 0.372 e. The minimum atomic E-state index is -0.866. The van der Waals surface area contributed by atoms with E-state index in [-0.39, 0.29) is 19.0 Å². The van der Waals surface area contributed by atoms with Crippen LogP contribution in [0.5, 0.6) is 0 Å². The zero-order valence-corrected chi connectivity index (χ0v) is 11.6. The maximum absolute atomic E-state index is 10.6. The lowest BCUT2D eigenvalue weighted by Gasteiger charge is -2.20. The van der Waals surface area contributed by atoms with Crippen molar-refractivity contribution in [1.82, 2.24) is 14.8 Å². The van der Waals surface area contributed by atoms with Crippen LogP contribution in [0.2, 0.25) is 5.15 Å². The molecule has 0 bridgehead atoms. The molecule has 0 aliphatic carbocycles. The van der Waals surface area contributed by atoms with Crippen LogP contribution in [-0.2, 0) is 6.54 Å². The predicted molar refractivity (Wildman–Crippen MR) is 72.5 cm³/mol. The summed E-state index contributed by atoms with van der Waals surface area (Å²) in [4.78, 5) is 17.8. The number of likely N-dealkylation sites (N-methyl/N-ethyl adjacent to an activating group) is 1. The number of aliphatic hydroxyl groups is 1. The van der Waals surface area contributed by atoms with Crippen LogP contribution in [0.15, 0.2) is 23.3 Å². The van der Waals surface area contributed by atoms with Crippen molar-refractivity contribution in [3.05, 3.63) is 39.2 Å². The molecule has 1 atom stereocenters. The molecule has 2 heterocycles. The lowest BCUT2D eigenvalue weighted by atomic mass is 10.3. The zero-order chi connectivity index (χ0) is 14.7. The summed E-state index contributed by atoms with van der Waals surface area (Å²) in [5.74, 6) is 0.131. The first-order valence-corrected chi connectivity index (χ1v) is 6.43. The lowest BCUT2D eigenvalue weighted by molar-refractivity contribution is -0.486. The van der Waals surface area contributed by atoms with Crippen molar-refractivity contribution < 1.29 is 10.1 Å². The van der Waals surface area contributed by atoms with Gasteiger partial charge in [-0.3, -0.25) is 0 Å². The van der Waals surface area contributed by atoms with Gasteiger partial charge in [-0.2, -0.15) is 0 Å². The summed E-state index contributed by atoms with van der Waals surface area (Å²) in [6, 6.07) is 5.10. The number of β-amino-alcohol motifs (C(OH)–C–C–N with tert-alkyl or cyclic N) is 1. The molecule has 1 fully saturated rings. The number of hydrazone groups is 1. The molecule has 108 valence electrons. The van der Waals surface area contributed by atoms with E-state index in [0.29, 0.717) is 17.4 Å². The Labute approximate surface area is 120 Å². The van der Waals surface area contributed by atoms with Gasteiger partial charge in [0.25, 0.3) is 5.96 Å². The van der Waals surface area contributed by atoms with Gasteiger partial charge in [-0.1, -0.05) is 17.7 Å². The van der Waals surface area contributed by atoms with E-state index in [4.69, 9.17) is 11.6 Å². The first-order valence-electron chi connectivity index (χ1n) is 6.05. The van der Waals surface area contributed by atoms with Crippen LogP contribution in [0, 0.1) is 10.1 Å². The van der Waals surface area contributed by atoms with Crippen LogP contribution < -0.4 is 0 Å². The molecule has 0 amide bonds. The van der Waals surface area contributed by atoms with Crippen LogP contribution in [-0.4, -0.2) is 50.2 Å². The number of guanidine groups is 1. The Bertz CT molecular complexity index is 539. The Morgan fingerprint density at radius 2 is 2.40 bits per heavy atom. The second-order valence-corrected chi connectivity index (χ2v) is 4.62. The number of halogens is 1. The number of rotatable bonds is 4. The van der Waals surface area contributed by atoms with Crippen molar-refractivity contribution >= 4 is 17.6 Å². The minimum Gasteiger partial charge on any atom is -0.372 e. The van der Waals surface area contributed by atoms with Gasteiger partial charge in [0.05, 0.1) is 18.8 Å². The average molecular weight is 300 g/mol. The molecule has 0 spiro atoms. The fourth-order valence-electron chi connectivity index (χ4n) is 2.05. The number of hydrogen-bond acceptors (Lipinski definition) is 4. The molecule has 9 heteroatoms. The molecular weight excluding hydrogens is 286 g/mol. The van der Waals surface area contributed by atoms with E-state index in [2.05, 4.69) is 10.1 Å². The summed E-state index contributed by atoms with van der Waals surface area (Å²) >= 11 is 5.80. The maximum atomic E-state index is 10.6. The summed E-state index contributed by atoms with van der Waals surface area (Å²) < 4.78 is 0. The number of pyridine rings is 1. The zero-order valence-electron chi connectivity index (χ0n) is 10.8. The van der Waals surface area contributed by atoms with E-state index < -0.39 is 11.3 Å². The van der Waals surface area contributed by atoms with Crippen LogP contribution in [0.1, 0.15) is 12.6 Å². The van der Waals surface area contributed by atoms with E-state index >= 15 is 0 Å². The molecule has 20 heavy (non-hydrogen) atoms. The SMILES string of the molecule is CCN1CC(O)N(Cc2cccc(Cl)n2)C1=N[N+](=O)[O-]. The van der Waals surface area contributed by atoms with E-state index in [1.807, 2.05) is 6.92 Å². The molecule has 0 radical (unpaired) electrons. The van der Waals surface area contributed by atoms with Crippen molar-refractivity contribution in [2.75, 3.05) is 13.1 Å². The van der Waals surface area contributed by atoms with E-state index in [0.717, 1.165) is 0 Å². The van der Waals surface area contributed by atoms with E-state index in [1.165, 1.54) is 4.90 Å². The fraction of sp³-hybridized carbons (Fsp3) is 0.455. The molecule has 2 rings (SSSR count). The predicted octanol–water partition coefficient (Wildman–Crippen LogP) is 0.739. The van der Waals surface area contributed by atoms with Crippen molar-refractivity contribution in [3.8, 4) is 0 Å². The van der Waals surface area contributed by atoms with Gasteiger partial charge in [0.15, 0.2) is 5.03 Å². The first kappa shape index (κ1) is 14.5. The van der Waals surface area contributed by atoms with Gasteiger partial charge in [-0.15, -0.1) is 0 Å². The molecule has 1 aliphatic heterocycles. The number of aliphatic hydroxyl groups excluding tert-OH is 1. The Kier molecular flexibility index (Phi) is 4.35. The Morgan fingerprint density at radius 1 is 1.65 bits per heavy atom. The Balaban J connectivity index is 2.25. The van der Waals surface area contributed by atoms with Gasteiger partial charge in [0, 0.05) is 6.54 Å². The smallest absolute Gasteiger partial charge is 0.276 e. The Morgan fingerprint density at radius 3 is 3.00 bits per heavy atom. The quantitative estimate of drug-likeness (QED) is 0.500. The number of nitro groups is 1. The normalized spacial score (nSPS) is 20.8. The van der Waals surface area contributed by atoms with Gasteiger partial charge in [0.2, 0.25) is 0 Å². The summed E-state index contributed by atoms with van der Waals surface area (Å²) in [5.41, 5.74) is 0.602. The summed E-state index contributed by atoms with van der Waals surface area (Å²) in [5, 5.41) is 23.6. The molecule has 1 aromatic heterocycles. The third kappa shape index (κ3) is 3.14. The molecule has 8 nitrogen and oxygen atoms in total. The van der Waals surface area contributed by atoms with Gasteiger partial charge in [-0.25, -0.2) is 15.1 Å². The van der Waals surface area contributed by atoms with E-state index in [1.54, 1.807) is 23.1 Å². The van der Waals surface area contributed by atoms with Crippen molar-refractivity contribution in [3.63, 3.8) is 0 Å². The average Bonchev–Trinajstić information content (AvgIpc) is 2.66. The topological polar surface area (TPSA) is 95.1 Å². The molecule has 1 aromatic rings. The van der Waals surface area contributed by atoms with Crippen LogP contribution >= 0.6 is 11.6 Å². The second-order valence-electron chi connectivity index (χ2n) is 4.24. The standard InChI is InChI=1S/C11H14ClN5O3/c1-2-15-7-10(18)16(11(15)14-17(19)20)6-8-4-3-5-9(12)13-8/h3-5,10,18H,2,6-7H2,1H3. The number of aromatic nitrogens is 1. The molecule has 1 unspecified atom stereocenters. The second kappa shape index (κ2) is 6.02. The minimum absolute atomic E-state index is 0.131. The molecule has 0 saturated carbocycles. The number of hydrogen-bond donors (Lipinski definition) is 1. The fourth-order valence-corrected chi connectivity index (χ4v) is 2.23. The molecular formula is C11H14ClN5O3. The van der Waals surface area contributed by atoms with E-state index in [9.17, 15) is 15.2 Å². The summed E-state index contributed by atoms with van der Waals surface area (Å²) in [6.07, 6.45) is -0.866. The Hall–Kier alpha value is -1.93. The van der Waals surface area contributed by atoms with Crippen LogP contribution in [0.4, 0.5) is 0 Å². The third-order valence-electron chi connectivity index (χ3n) is 2.94. The summed E-state index contributed by atoms with van der Waals surface area (Å²) in [7, 11) is 0. The molecule has 1 N–H and O–H groups in total. The molecule has 0 aromatic carbocycles. The lowest BCUT2D eigenvalue weighted by Crippen LogP contribution is -2.36. The van der Waals surface area contributed by atoms with Crippen molar-refractivity contribution in [2.24, 2.45) is 5.10 Å². The molecule has 1 saturated heterocycles. The van der Waals surface area contributed by atoms with Crippen molar-refractivity contribution in [2.45, 2.75) is 19.7 Å². The van der Waals surface area contributed by atoms with Gasteiger partial charge < -0.3 is 14.9 Å². The summed E-state index contributed by atoms with van der Waals surface area (Å²) in [6.45, 7) is 2.82.